The normalized spacial score (nSPS) is 28.6. The minimum absolute atomic E-state index is 0.0809. The Balaban J connectivity index is 1.58. The van der Waals surface area contributed by atoms with E-state index < -0.39 is 10.0 Å². The van der Waals surface area contributed by atoms with Crippen molar-refractivity contribution in [1.29, 1.82) is 0 Å². The average Bonchev–Trinajstić information content (AvgIpc) is 3.12. The molecule has 3 heterocycles. The lowest BCUT2D eigenvalue weighted by Crippen LogP contribution is -2.46. The maximum Gasteiger partial charge on any atom is 0.254 e. The number of likely N-dealkylation sites (tertiary alicyclic amines) is 1. The number of hydrogen-bond donors (Lipinski definition) is 1. The molecule has 3 atom stereocenters. The van der Waals surface area contributed by atoms with Crippen LogP contribution >= 0.6 is 11.3 Å². The summed E-state index contributed by atoms with van der Waals surface area (Å²) in [6, 6.07) is 1.85. The van der Waals surface area contributed by atoms with E-state index in [0.717, 1.165) is 18.2 Å². The van der Waals surface area contributed by atoms with Crippen LogP contribution in [0, 0.1) is 11.8 Å². The second-order valence-electron chi connectivity index (χ2n) is 5.97. The average molecular weight is 344 g/mol. The zero-order valence-corrected chi connectivity index (χ0v) is 14.0. The summed E-state index contributed by atoms with van der Waals surface area (Å²) in [7, 11) is -3.20. The van der Waals surface area contributed by atoms with E-state index in [0.29, 0.717) is 38.1 Å². The second-order valence-corrected chi connectivity index (χ2v) is 8.58. The largest absolute Gasteiger partial charge is 0.376 e. The number of rotatable bonds is 4. The molecule has 0 bridgehead atoms. The minimum Gasteiger partial charge on any atom is -0.376 e. The van der Waals surface area contributed by atoms with Crippen molar-refractivity contribution in [2.45, 2.75) is 12.5 Å². The van der Waals surface area contributed by atoms with Gasteiger partial charge in [-0.15, -0.1) is 0 Å². The highest BCUT2D eigenvalue weighted by Crippen LogP contribution is 2.34. The fourth-order valence-electron chi connectivity index (χ4n) is 3.28. The van der Waals surface area contributed by atoms with Crippen LogP contribution in [0.3, 0.4) is 0 Å². The summed E-state index contributed by atoms with van der Waals surface area (Å²) in [4.78, 5) is 14.3. The number of nitrogens with zero attached hydrogens (tertiary/aromatic N) is 1. The number of fused-ring (bicyclic) bond motifs is 1. The molecule has 122 valence electrons. The van der Waals surface area contributed by atoms with Gasteiger partial charge in [0.2, 0.25) is 10.0 Å². The number of sulfonamides is 1. The molecule has 0 aromatic carbocycles. The first kappa shape index (κ1) is 15.9. The summed E-state index contributed by atoms with van der Waals surface area (Å²) in [5.41, 5.74) is 0.748. The van der Waals surface area contributed by atoms with Gasteiger partial charge in [0.1, 0.15) is 0 Å². The maximum absolute atomic E-state index is 12.4. The fraction of sp³-hybridized carbons (Fsp3) is 0.643. The van der Waals surface area contributed by atoms with Gasteiger partial charge in [-0.3, -0.25) is 4.79 Å². The van der Waals surface area contributed by atoms with Crippen LogP contribution in [0.1, 0.15) is 16.8 Å². The van der Waals surface area contributed by atoms with Gasteiger partial charge in [-0.25, -0.2) is 13.1 Å². The van der Waals surface area contributed by atoms with Crippen molar-refractivity contribution >= 4 is 27.3 Å². The molecule has 6 nitrogen and oxygen atoms in total. The molecule has 2 aliphatic heterocycles. The van der Waals surface area contributed by atoms with E-state index >= 15 is 0 Å². The van der Waals surface area contributed by atoms with Crippen LogP contribution in [0.2, 0.25) is 0 Å². The molecule has 0 saturated carbocycles. The number of hydrogen-bond acceptors (Lipinski definition) is 5. The Labute approximate surface area is 134 Å². The highest BCUT2D eigenvalue weighted by molar-refractivity contribution is 7.88. The standard InChI is InChI=1S/C14H20N2O4S2/c1-22(18,19)15-6-13-12-2-4-16(7-11(12)8-20-13)14(17)10-3-5-21-9-10/h3,5,9,11-13,15H,2,4,6-8H2,1H3/t11-,12-,13-/m0/s1. The number of amides is 1. The minimum atomic E-state index is -3.20. The quantitative estimate of drug-likeness (QED) is 0.876. The zero-order valence-electron chi connectivity index (χ0n) is 12.4. The summed E-state index contributed by atoms with van der Waals surface area (Å²) in [6.07, 6.45) is 1.93. The summed E-state index contributed by atoms with van der Waals surface area (Å²) in [5.74, 6) is 0.695. The van der Waals surface area contributed by atoms with Crippen molar-refractivity contribution in [3.05, 3.63) is 22.4 Å². The van der Waals surface area contributed by atoms with Gasteiger partial charge in [-0.1, -0.05) is 0 Å². The molecule has 22 heavy (non-hydrogen) atoms. The van der Waals surface area contributed by atoms with Gasteiger partial charge in [0.05, 0.1) is 24.5 Å². The molecule has 1 aromatic heterocycles. The number of piperidine rings is 1. The van der Waals surface area contributed by atoms with E-state index in [1.54, 1.807) is 0 Å². The number of carbonyl (C=O) groups is 1. The molecule has 1 aromatic rings. The molecule has 0 spiro atoms. The highest BCUT2D eigenvalue weighted by atomic mass is 32.2. The van der Waals surface area contributed by atoms with Crippen LogP contribution in [0.25, 0.3) is 0 Å². The summed E-state index contributed by atoms with van der Waals surface area (Å²) < 4.78 is 30.7. The van der Waals surface area contributed by atoms with Gasteiger partial charge in [0.25, 0.3) is 5.91 Å². The van der Waals surface area contributed by atoms with Crippen molar-refractivity contribution < 1.29 is 17.9 Å². The zero-order chi connectivity index (χ0) is 15.7. The van der Waals surface area contributed by atoms with Crippen molar-refractivity contribution in [3.8, 4) is 0 Å². The second kappa shape index (κ2) is 6.27. The molecule has 1 amide bonds. The Hall–Kier alpha value is -0.960. The monoisotopic (exact) mass is 344 g/mol. The van der Waals surface area contributed by atoms with Crippen LogP contribution in [-0.4, -0.2) is 57.8 Å². The van der Waals surface area contributed by atoms with E-state index in [1.807, 2.05) is 21.7 Å². The molecule has 0 unspecified atom stereocenters. The lowest BCUT2D eigenvalue weighted by molar-refractivity contribution is 0.0617. The van der Waals surface area contributed by atoms with Gasteiger partial charge in [0, 0.05) is 30.9 Å². The van der Waals surface area contributed by atoms with E-state index in [4.69, 9.17) is 4.74 Å². The molecule has 2 aliphatic rings. The molecular weight excluding hydrogens is 324 g/mol. The van der Waals surface area contributed by atoms with Crippen LogP contribution in [0.5, 0.6) is 0 Å². The van der Waals surface area contributed by atoms with Crippen LogP contribution in [0.4, 0.5) is 0 Å². The summed E-state index contributed by atoms with van der Waals surface area (Å²) >= 11 is 1.52. The van der Waals surface area contributed by atoms with Crippen molar-refractivity contribution in [2.75, 3.05) is 32.5 Å². The number of thiophene rings is 1. The van der Waals surface area contributed by atoms with Crippen LogP contribution in [-0.2, 0) is 14.8 Å². The van der Waals surface area contributed by atoms with Gasteiger partial charge < -0.3 is 9.64 Å². The van der Waals surface area contributed by atoms with Gasteiger partial charge in [-0.05, 0) is 23.8 Å². The first-order valence-corrected chi connectivity index (χ1v) is 10.1. The summed E-state index contributed by atoms with van der Waals surface area (Å²) in [6.45, 7) is 2.30. The smallest absolute Gasteiger partial charge is 0.254 e. The Bertz CT molecular complexity index is 629. The molecular formula is C14H20N2O4S2. The Morgan fingerprint density at radius 1 is 1.55 bits per heavy atom. The molecule has 3 rings (SSSR count). The first-order chi connectivity index (χ1) is 10.4. The first-order valence-electron chi connectivity index (χ1n) is 7.32. The molecule has 0 radical (unpaired) electrons. The Kier molecular flexibility index (Phi) is 4.54. The van der Waals surface area contributed by atoms with E-state index in [2.05, 4.69) is 4.72 Å². The number of carbonyl (C=O) groups excluding carboxylic acids is 1. The fourth-order valence-corrected chi connectivity index (χ4v) is 4.38. The lowest BCUT2D eigenvalue weighted by atomic mass is 9.84. The molecule has 2 fully saturated rings. The number of nitrogens with one attached hydrogen (secondary N) is 1. The highest BCUT2D eigenvalue weighted by Gasteiger charge is 2.41. The Morgan fingerprint density at radius 2 is 2.36 bits per heavy atom. The third-order valence-electron chi connectivity index (χ3n) is 4.40. The molecule has 2 saturated heterocycles. The topological polar surface area (TPSA) is 75.7 Å². The Morgan fingerprint density at radius 3 is 3.05 bits per heavy atom. The summed E-state index contributed by atoms with van der Waals surface area (Å²) in [5, 5.41) is 3.78. The molecule has 0 aliphatic carbocycles. The van der Waals surface area contributed by atoms with E-state index in [-0.39, 0.29) is 12.0 Å². The SMILES string of the molecule is CS(=O)(=O)NC[C@@H]1OC[C@@H]2CN(C(=O)c3ccsc3)CC[C@@H]21. The van der Waals surface area contributed by atoms with Crippen molar-refractivity contribution in [2.24, 2.45) is 11.8 Å². The van der Waals surface area contributed by atoms with Gasteiger partial charge >= 0.3 is 0 Å². The van der Waals surface area contributed by atoms with Gasteiger partial charge in [0.15, 0.2) is 0 Å². The predicted molar refractivity (Wildman–Crippen MR) is 84.4 cm³/mol. The third kappa shape index (κ3) is 3.51. The number of ether oxygens (including phenoxy) is 1. The van der Waals surface area contributed by atoms with Crippen LogP contribution in [0.15, 0.2) is 16.8 Å². The molecule has 1 N–H and O–H groups in total. The lowest BCUT2D eigenvalue weighted by Gasteiger charge is -2.35. The van der Waals surface area contributed by atoms with E-state index in [9.17, 15) is 13.2 Å². The van der Waals surface area contributed by atoms with Crippen molar-refractivity contribution in [1.82, 2.24) is 9.62 Å². The van der Waals surface area contributed by atoms with E-state index in [1.165, 1.54) is 11.3 Å². The molecule has 8 heteroatoms. The third-order valence-corrected chi connectivity index (χ3v) is 5.77. The maximum atomic E-state index is 12.4. The van der Waals surface area contributed by atoms with Crippen molar-refractivity contribution in [3.63, 3.8) is 0 Å². The van der Waals surface area contributed by atoms with Gasteiger partial charge in [-0.2, -0.15) is 11.3 Å². The van der Waals surface area contributed by atoms with Crippen LogP contribution < -0.4 is 4.72 Å². The predicted octanol–water partition coefficient (Wildman–Crippen LogP) is 0.774.